The molecule has 1 amide bonds. The molecule has 0 aromatic heterocycles. The number of nitrogens with one attached hydrogen (secondary N) is 1. The topological polar surface area (TPSA) is 69.7 Å². The molecule has 2 saturated heterocycles. The Labute approximate surface area is 162 Å². The number of carbonyl (C=O) groups excluding carboxylic acids is 1. The summed E-state index contributed by atoms with van der Waals surface area (Å²) >= 11 is 0. The summed E-state index contributed by atoms with van der Waals surface area (Å²) in [6.45, 7) is 2.63. The largest absolute Gasteiger partial charge is 0.342 e. The van der Waals surface area contributed by atoms with Crippen LogP contribution >= 0.6 is 12.4 Å². The van der Waals surface area contributed by atoms with Crippen molar-refractivity contribution in [2.24, 2.45) is 5.92 Å². The molecule has 1 aromatic rings. The van der Waals surface area contributed by atoms with Crippen molar-refractivity contribution in [3.8, 4) is 0 Å². The van der Waals surface area contributed by atoms with Crippen molar-refractivity contribution < 1.29 is 13.2 Å². The van der Waals surface area contributed by atoms with Crippen LogP contribution in [0.4, 0.5) is 0 Å². The first-order valence-corrected chi connectivity index (χ1v) is 10.5. The molecule has 1 atom stereocenters. The van der Waals surface area contributed by atoms with Gasteiger partial charge < -0.3 is 10.2 Å². The fraction of sp³-hybridized carbons (Fsp3) is 0.611. The van der Waals surface area contributed by atoms with Gasteiger partial charge >= 0.3 is 0 Å². The van der Waals surface area contributed by atoms with Gasteiger partial charge in [-0.3, -0.25) is 4.79 Å². The number of halogens is 1. The van der Waals surface area contributed by atoms with Gasteiger partial charge in [0.1, 0.15) is 0 Å². The van der Waals surface area contributed by atoms with Gasteiger partial charge in [-0.15, -0.1) is 12.4 Å². The molecule has 2 heterocycles. The third kappa shape index (κ3) is 4.57. The minimum absolute atomic E-state index is 0. The lowest BCUT2D eigenvalue weighted by Crippen LogP contribution is -2.50. The van der Waals surface area contributed by atoms with Gasteiger partial charge in [0, 0.05) is 26.2 Å². The highest BCUT2D eigenvalue weighted by Crippen LogP contribution is 2.26. The molecule has 0 radical (unpaired) electrons. The molecule has 1 unspecified atom stereocenters. The van der Waals surface area contributed by atoms with Gasteiger partial charge in [0.05, 0.1) is 10.8 Å². The van der Waals surface area contributed by atoms with E-state index >= 15 is 0 Å². The summed E-state index contributed by atoms with van der Waals surface area (Å²) in [5, 5.41) is 3.31. The van der Waals surface area contributed by atoms with Gasteiger partial charge in [-0.05, 0) is 50.9 Å². The molecule has 2 aliphatic rings. The summed E-state index contributed by atoms with van der Waals surface area (Å²) in [6, 6.07) is 8.74. The molecule has 3 rings (SSSR count). The van der Waals surface area contributed by atoms with E-state index in [2.05, 4.69) is 5.32 Å². The second-order valence-electron chi connectivity index (χ2n) is 6.95. The van der Waals surface area contributed by atoms with Crippen LogP contribution in [0.3, 0.4) is 0 Å². The van der Waals surface area contributed by atoms with Crippen LogP contribution in [0.2, 0.25) is 0 Å². The summed E-state index contributed by atoms with van der Waals surface area (Å²) in [4.78, 5) is 15.0. The van der Waals surface area contributed by atoms with Crippen LogP contribution in [-0.2, 0) is 14.8 Å². The molecule has 0 aliphatic carbocycles. The number of nitrogens with zero attached hydrogens (tertiary/aromatic N) is 2. The number of sulfonamides is 1. The van der Waals surface area contributed by atoms with Crippen LogP contribution < -0.4 is 5.32 Å². The van der Waals surface area contributed by atoms with Gasteiger partial charge in [0.25, 0.3) is 0 Å². The number of piperidine rings is 2. The highest BCUT2D eigenvalue weighted by molar-refractivity contribution is 7.89. The minimum atomic E-state index is -3.53. The smallest absolute Gasteiger partial charge is 0.243 e. The maximum Gasteiger partial charge on any atom is 0.243 e. The van der Waals surface area contributed by atoms with Gasteiger partial charge in [-0.25, -0.2) is 8.42 Å². The van der Waals surface area contributed by atoms with Crippen molar-refractivity contribution in [2.45, 2.75) is 36.6 Å². The Morgan fingerprint density at radius 3 is 2.46 bits per heavy atom. The van der Waals surface area contributed by atoms with E-state index in [1.165, 1.54) is 4.31 Å². The molecule has 6 nitrogen and oxygen atoms in total. The molecule has 2 aliphatic heterocycles. The van der Waals surface area contributed by atoms with Crippen LogP contribution in [0.5, 0.6) is 0 Å². The third-order valence-electron chi connectivity index (χ3n) is 5.32. The second-order valence-corrected chi connectivity index (χ2v) is 8.88. The maximum absolute atomic E-state index is 12.9. The predicted octanol–water partition coefficient (Wildman–Crippen LogP) is 1.72. The fourth-order valence-electron chi connectivity index (χ4n) is 3.77. The molecule has 0 spiro atoms. The lowest BCUT2D eigenvalue weighted by molar-refractivity contribution is -0.138. The average molecular weight is 402 g/mol. The number of hydrogen-bond acceptors (Lipinski definition) is 4. The van der Waals surface area contributed by atoms with E-state index in [1.807, 2.05) is 11.9 Å². The predicted molar refractivity (Wildman–Crippen MR) is 104 cm³/mol. The minimum Gasteiger partial charge on any atom is -0.342 e. The number of carbonyl (C=O) groups is 1. The van der Waals surface area contributed by atoms with Gasteiger partial charge in [-0.2, -0.15) is 4.31 Å². The Balaban J connectivity index is 0.00000243. The van der Waals surface area contributed by atoms with E-state index in [-0.39, 0.29) is 36.8 Å². The summed E-state index contributed by atoms with van der Waals surface area (Å²) < 4.78 is 27.1. The number of benzene rings is 1. The normalized spacial score (nSPS) is 22.4. The van der Waals surface area contributed by atoms with Crippen molar-refractivity contribution >= 4 is 28.3 Å². The summed E-state index contributed by atoms with van der Waals surface area (Å²) in [6.07, 6.45) is 3.40. The zero-order chi connectivity index (χ0) is 17.9. The highest BCUT2D eigenvalue weighted by Gasteiger charge is 2.35. The standard InChI is InChI=1S/C18H27N3O3S.ClH/c1-20(16-9-11-19-12-10-16)18(22)15-6-5-13-21(14-15)25(23,24)17-7-3-2-4-8-17;/h2-4,7-8,15-16,19H,5-6,9-14H2,1H3;1H. The number of rotatable bonds is 4. The van der Waals surface area contributed by atoms with E-state index in [4.69, 9.17) is 0 Å². The third-order valence-corrected chi connectivity index (χ3v) is 7.20. The van der Waals surface area contributed by atoms with Crippen molar-refractivity contribution in [3.63, 3.8) is 0 Å². The van der Waals surface area contributed by atoms with E-state index in [0.717, 1.165) is 38.8 Å². The Kier molecular flexibility index (Phi) is 7.46. The van der Waals surface area contributed by atoms with Crippen molar-refractivity contribution in [2.75, 3.05) is 33.2 Å². The van der Waals surface area contributed by atoms with Crippen LogP contribution in [0, 0.1) is 5.92 Å². The Morgan fingerprint density at radius 1 is 1.15 bits per heavy atom. The number of hydrogen-bond donors (Lipinski definition) is 1. The molecule has 1 N–H and O–H groups in total. The van der Waals surface area contributed by atoms with Gasteiger partial charge in [0.2, 0.25) is 15.9 Å². The summed E-state index contributed by atoms with van der Waals surface area (Å²) in [5.74, 6) is -0.160. The molecule has 8 heteroatoms. The second kappa shape index (κ2) is 9.17. The first kappa shape index (κ1) is 21.2. The molecule has 146 valence electrons. The zero-order valence-corrected chi connectivity index (χ0v) is 16.8. The van der Waals surface area contributed by atoms with E-state index in [1.54, 1.807) is 30.3 Å². The van der Waals surface area contributed by atoms with Crippen LogP contribution in [-0.4, -0.2) is 62.8 Å². The van der Waals surface area contributed by atoms with E-state index in [0.29, 0.717) is 11.4 Å². The molecule has 0 bridgehead atoms. The van der Waals surface area contributed by atoms with Crippen molar-refractivity contribution in [3.05, 3.63) is 30.3 Å². The van der Waals surface area contributed by atoms with E-state index < -0.39 is 10.0 Å². The molecular weight excluding hydrogens is 374 g/mol. The van der Waals surface area contributed by atoms with Gasteiger partial charge in [-0.1, -0.05) is 18.2 Å². The average Bonchev–Trinajstić information content (AvgIpc) is 2.68. The summed E-state index contributed by atoms with van der Waals surface area (Å²) in [7, 11) is -1.66. The monoisotopic (exact) mass is 401 g/mol. The zero-order valence-electron chi connectivity index (χ0n) is 15.1. The fourth-order valence-corrected chi connectivity index (χ4v) is 5.31. The first-order chi connectivity index (χ1) is 12.0. The maximum atomic E-state index is 12.9. The SMILES string of the molecule is CN(C(=O)C1CCCN(S(=O)(=O)c2ccccc2)C1)C1CCNCC1.Cl. The van der Waals surface area contributed by atoms with Crippen LogP contribution in [0.1, 0.15) is 25.7 Å². The molecule has 1 aromatic carbocycles. The van der Waals surface area contributed by atoms with Crippen LogP contribution in [0.25, 0.3) is 0 Å². The molecule has 0 saturated carbocycles. The molecule has 26 heavy (non-hydrogen) atoms. The Hall–Kier alpha value is -1.15. The van der Waals surface area contributed by atoms with E-state index in [9.17, 15) is 13.2 Å². The quantitative estimate of drug-likeness (QED) is 0.834. The lowest BCUT2D eigenvalue weighted by Gasteiger charge is -2.37. The highest BCUT2D eigenvalue weighted by atomic mass is 35.5. The van der Waals surface area contributed by atoms with Crippen molar-refractivity contribution in [1.82, 2.24) is 14.5 Å². The van der Waals surface area contributed by atoms with Crippen LogP contribution in [0.15, 0.2) is 35.2 Å². The molecular formula is C18H28ClN3O3S. The summed E-state index contributed by atoms with van der Waals surface area (Å²) in [5.41, 5.74) is 0. The Morgan fingerprint density at radius 2 is 1.81 bits per heavy atom. The number of amides is 1. The Bertz CT molecular complexity index is 693. The lowest BCUT2D eigenvalue weighted by atomic mass is 9.96. The van der Waals surface area contributed by atoms with Gasteiger partial charge in [0.15, 0.2) is 0 Å². The molecule has 2 fully saturated rings. The first-order valence-electron chi connectivity index (χ1n) is 9.03. The van der Waals surface area contributed by atoms with Crippen molar-refractivity contribution in [1.29, 1.82) is 0 Å².